The van der Waals surface area contributed by atoms with E-state index in [-0.39, 0.29) is 5.91 Å². The number of hydrogen-bond donors (Lipinski definition) is 1. The van der Waals surface area contributed by atoms with Crippen LogP contribution in [0.25, 0.3) is 5.69 Å². The maximum Gasteiger partial charge on any atom is 0.224 e. The standard InChI is InChI=1S/C17H21N7O/c1-11-9-14(5-7-16(11)24-10-18-21-22-24)19-17(25)8-6-15-12(2)20-23(4)13(15)3/h5,7,9-10H,6,8H2,1-4H3,(H,19,25). The Bertz CT molecular complexity index is 896. The van der Waals surface area contributed by atoms with Crippen molar-refractivity contribution in [3.63, 3.8) is 0 Å². The minimum Gasteiger partial charge on any atom is -0.326 e. The molecule has 8 nitrogen and oxygen atoms in total. The van der Waals surface area contributed by atoms with Crippen molar-refractivity contribution in [2.75, 3.05) is 5.32 Å². The maximum atomic E-state index is 12.3. The third-order valence-electron chi connectivity index (χ3n) is 4.34. The predicted molar refractivity (Wildman–Crippen MR) is 93.5 cm³/mol. The fraction of sp³-hybridized carbons (Fsp3) is 0.353. The van der Waals surface area contributed by atoms with Gasteiger partial charge in [0.15, 0.2) is 0 Å². The average Bonchev–Trinajstić information content (AvgIpc) is 3.16. The number of aromatic nitrogens is 6. The Hall–Kier alpha value is -3.03. The number of aryl methyl sites for hydroxylation is 3. The van der Waals surface area contributed by atoms with Gasteiger partial charge in [0, 0.05) is 24.8 Å². The van der Waals surface area contributed by atoms with E-state index in [9.17, 15) is 4.79 Å². The van der Waals surface area contributed by atoms with Crippen LogP contribution in [0.15, 0.2) is 24.5 Å². The molecule has 0 saturated carbocycles. The molecular formula is C17H21N7O. The van der Waals surface area contributed by atoms with Gasteiger partial charge in [0.2, 0.25) is 5.91 Å². The highest BCUT2D eigenvalue weighted by Crippen LogP contribution is 2.19. The molecule has 0 aliphatic rings. The van der Waals surface area contributed by atoms with E-state index in [1.54, 1.807) is 11.0 Å². The summed E-state index contributed by atoms with van der Waals surface area (Å²) in [5.41, 5.74) is 5.84. The van der Waals surface area contributed by atoms with Crippen LogP contribution >= 0.6 is 0 Å². The van der Waals surface area contributed by atoms with Crippen LogP contribution in [0, 0.1) is 20.8 Å². The van der Waals surface area contributed by atoms with Crippen LogP contribution in [0.4, 0.5) is 5.69 Å². The zero-order chi connectivity index (χ0) is 18.0. The molecule has 0 aliphatic carbocycles. The summed E-state index contributed by atoms with van der Waals surface area (Å²) in [6.07, 6.45) is 2.64. The van der Waals surface area contributed by atoms with Gasteiger partial charge in [0.25, 0.3) is 0 Å². The Balaban J connectivity index is 1.64. The van der Waals surface area contributed by atoms with Gasteiger partial charge in [-0.2, -0.15) is 5.10 Å². The minimum absolute atomic E-state index is 0.0165. The Morgan fingerprint density at radius 2 is 2.04 bits per heavy atom. The summed E-state index contributed by atoms with van der Waals surface area (Å²) in [5.74, 6) is -0.0165. The molecule has 0 radical (unpaired) electrons. The second-order valence-electron chi connectivity index (χ2n) is 6.08. The first-order valence-electron chi connectivity index (χ1n) is 8.08. The summed E-state index contributed by atoms with van der Waals surface area (Å²) < 4.78 is 3.44. The number of hydrogen-bond acceptors (Lipinski definition) is 5. The lowest BCUT2D eigenvalue weighted by atomic mass is 10.1. The van der Waals surface area contributed by atoms with Crippen LogP contribution in [0.5, 0.6) is 0 Å². The highest BCUT2D eigenvalue weighted by Gasteiger charge is 2.12. The first-order chi connectivity index (χ1) is 12.0. The van der Waals surface area contributed by atoms with Gasteiger partial charge < -0.3 is 5.32 Å². The van der Waals surface area contributed by atoms with E-state index in [0.717, 1.165) is 33.9 Å². The van der Waals surface area contributed by atoms with Crippen LogP contribution in [-0.4, -0.2) is 35.9 Å². The Kier molecular flexibility index (Phi) is 4.60. The Morgan fingerprint density at radius 3 is 2.64 bits per heavy atom. The highest BCUT2D eigenvalue weighted by molar-refractivity contribution is 5.91. The van der Waals surface area contributed by atoms with Crippen molar-refractivity contribution in [2.24, 2.45) is 7.05 Å². The molecule has 3 aromatic rings. The van der Waals surface area contributed by atoms with E-state index in [1.807, 2.05) is 50.7 Å². The molecule has 0 bridgehead atoms. The zero-order valence-electron chi connectivity index (χ0n) is 14.8. The quantitative estimate of drug-likeness (QED) is 0.766. The molecule has 1 amide bonds. The number of benzene rings is 1. The van der Waals surface area contributed by atoms with Gasteiger partial charge in [-0.25, -0.2) is 4.68 Å². The van der Waals surface area contributed by atoms with E-state index in [2.05, 4.69) is 25.9 Å². The Morgan fingerprint density at radius 1 is 1.24 bits per heavy atom. The average molecular weight is 339 g/mol. The summed E-state index contributed by atoms with van der Waals surface area (Å²) in [6.45, 7) is 5.95. The molecule has 2 aromatic heterocycles. The van der Waals surface area contributed by atoms with Gasteiger partial charge in [-0.05, 0) is 66.9 Å². The van der Waals surface area contributed by atoms with Crippen LogP contribution in [0.2, 0.25) is 0 Å². The number of carbonyl (C=O) groups is 1. The zero-order valence-corrected chi connectivity index (χ0v) is 14.8. The van der Waals surface area contributed by atoms with Crippen LogP contribution in [0.1, 0.15) is 28.9 Å². The van der Waals surface area contributed by atoms with E-state index < -0.39 is 0 Å². The number of amides is 1. The van der Waals surface area contributed by atoms with Crippen molar-refractivity contribution < 1.29 is 4.79 Å². The maximum absolute atomic E-state index is 12.3. The van der Waals surface area contributed by atoms with Crippen molar-refractivity contribution in [3.8, 4) is 5.69 Å². The van der Waals surface area contributed by atoms with Gasteiger partial charge in [-0.1, -0.05) is 0 Å². The van der Waals surface area contributed by atoms with Crippen LogP contribution in [0.3, 0.4) is 0 Å². The molecule has 0 saturated heterocycles. The summed E-state index contributed by atoms with van der Waals surface area (Å²) >= 11 is 0. The molecule has 0 aliphatic heterocycles. The number of rotatable bonds is 5. The molecule has 0 spiro atoms. The first kappa shape index (κ1) is 16.8. The second-order valence-corrected chi connectivity index (χ2v) is 6.08. The van der Waals surface area contributed by atoms with E-state index in [1.165, 1.54) is 0 Å². The fourth-order valence-electron chi connectivity index (χ4n) is 2.90. The Labute approximate surface area is 145 Å². The van der Waals surface area contributed by atoms with E-state index in [0.29, 0.717) is 12.8 Å². The SMILES string of the molecule is Cc1cc(NC(=O)CCc2c(C)nn(C)c2C)ccc1-n1cnnn1. The molecule has 25 heavy (non-hydrogen) atoms. The number of anilines is 1. The molecule has 0 fully saturated rings. The van der Waals surface area contributed by atoms with Crippen molar-refractivity contribution in [3.05, 3.63) is 47.0 Å². The van der Waals surface area contributed by atoms with Gasteiger partial charge >= 0.3 is 0 Å². The monoisotopic (exact) mass is 339 g/mol. The van der Waals surface area contributed by atoms with Gasteiger partial charge in [0.1, 0.15) is 6.33 Å². The van der Waals surface area contributed by atoms with Gasteiger partial charge in [-0.3, -0.25) is 9.48 Å². The largest absolute Gasteiger partial charge is 0.326 e. The molecule has 3 rings (SSSR count). The first-order valence-corrected chi connectivity index (χ1v) is 8.08. The van der Waals surface area contributed by atoms with Crippen molar-refractivity contribution >= 4 is 11.6 Å². The third-order valence-corrected chi connectivity index (χ3v) is 4.34. The summed E-state index contributed by atoms with van der Waals surface area (Å²) in [7, 11) is 1.92. The number of tetrazole rings is 1. The molecule has 1 N–H and O–H groups in total. The van der Waals surface area contributed by atoms with E-state index in [4.69, 9.17) is 0 Å². The normalized spacial score (nSPS) is 10.9. The smallest absolute Gasteiger partial charge is 0.224 e. The minimum atomic E-state index is -0.0165. The lowest BCUT2D eigenvalue weighted by Gasteiger charge is -2.09. The lowest BCUT2D eigenvalue weighted by molar-refractivity contribution is -0.116. The van der Waals surface area contributed by atoms with Crippen molar-refractivity contribution in [2.45, 2.75) is 33.6 Å². The van der Waals surface area contributed by atoms with Crippen LogP contribution < -0.4 is 5.32 Å². The topological polar surface area (TPSA) is 90.5 Å². The van der Waals surface area contributed by atoms with Gasteiger partial charge in [0.05, 0.1) is 11.4 Å². The molecule has 8 heteroatoms. The molecule has 130 valence electrons. The summed E-state index contributed by atoms with van der Waals surface area (Å²) in [5, 5.41) is 18.5. The van der Waals surface area contributed by atoms with Gasteiger partial charge in [-0.15, -0.1) is 5.10 Å². The van der Waals surface area contributed by atoms with Crippen molar-refractivity contribution in [1.29, 1.82) is 0 Å². The lowest BCUT2D eigenvalue weighted by Crippen LogP contribution is -2.13. The molecule has 0 atom stereocenters. The summed E-state index contributed by atoms with van der Waals surface area (Å²) in [4.78, 5) is 12.3. The van der Waals surface area contributed by atoms with Crippen molar-refractivity contribution in [1.82, 2.24) is 30.0 Å². The second kappa shape index (κ2) is 6.84. The number of carbonyl (C=O) groups excluding carboxylic acids is 1. The molecular weight excluding hydrogens is 318 g/mol. The number of nitrogens with one attached hydrogen (secondary N) is 1. The van der Waals surface area contributed by atoms with E-state index >= 15 is 0 Å². The van der Waals surface area contributed by atoms with Crippen LogP contribution in [-0.2, 0) is 18.3 Å². The third kappa shape index (κ3) is 3.57. The molecule has 2 heterocycles. The molecule has 0 unspecified atom stereocenters. The molecule has 1 aromatic carbocycles. The fourth-order valence-corrected chi connectivity index (χ4v) is 2.90. The predicted octanol–water partition coefficient (Wildman–Crippen LogP) is 1.89. The summed E-state index contributed by atoms with van der Waals surface area (Å²) in [6, 6.07) is 5.65. The number of nitrogens with zero attached hydrogens (tertiary/aromatic N) is 6. The highest BCUT2D eigenvalue weighted by atomic mass is 16.1.